The summed E-state index contributed by atoms with van der Waals surface area (Å²) in [7, 11) is -3.40. The molecule has 0 aliphatic carbocycles. The molecule has 1 aromatic carbocycles. The molecule has 3 heterocycles. The highest BCUT2D eigenvalue weighted by molar-refractivity contribution is 7.86. The van der Waals surface area contributed by atoms with E-state index in [1.54, 1.807) is 4.31 Å². The van der Waals surface area contributed by atoms with Gasteiger partial charge in [-0.25, -0.2) is 0 Å². The number of para-hydroxylation sites is 1. The van der Waals surface area contributed by atoms with Gasteiger partial charge in [-0.15, -0.1) is 0 Å². The quantitative estimate of drug-likeness (QED) is 0.694. The fraction of sp³-hybridized carbons (Fsp3) is 0.632. The van der Waals surface area contributed by atoms with Crippen molar-refractivity contribution < 1.29 is 17.9 Å². The molecule has 154 valence electrons. The smallest absolute Gasteiger partial charge is 0.282 e. The normalized spacial score (nSPS) is 22.4. The molecule has 0 bridgehead atoms. The Morgan fingerprint density at radius 1 is 0.929 bits per heavy atom. The summed E-state index contributed by atoms with van der Waals surface area (Å²) in [6.45, 7) is 5.46. The summed E-state index contributed by atoms with van der Waals surface area (Å²) in [5, 5.41) is 0. The van der Waals surface area contributed by atoms with Crippen LogP contribution in [0, 0.1) is 0 Å². The van der Waals surface area contributed by atoms with Crippen LogP contribution >= 0.6 is 0 Å². The fourth-order valence-corrected chi connectivity index (χ4v) is 5.67. The largest absolute Gasteiger partial charge is 0.379 e. The number of morpholine rings is 1. The van der Waals surface area contributed by atoms with E-state index in [1.807, 2.05) is 23.1 Å². The van der Waals surface area contributed by atoms with Crippen LogP contribution in [0.15, 0.2) is 24.3 Å². The van der Waals surface area contributed by atoms with E-state index in [2.05, 4.69) is 11.0 Å². The van der Waals surface area contributed by atoms with Crippen molar-refractivity contribution in [1.29, 1.82) is 0 Å². The Labute approximate surface area is 166 Å². The number of carbonyl (C=O) groups excluding carboxylic acids is 1. The first-order valence-electron chi connectivity index (χ1n) is 9.99. The predicted molar refractivity (Wildman–Crippen MR) is 106 cm³/mol. The SMILES string of the molecule is O=C(CCN1CCN(S(=O)(=O)N2CCOCC2)CC1)N1CCc2ccccc21. The first-order valence-corrected chi connectivity index (χ1v) is 11.4. The molecule has 0 N–H and O–H groups in total. The van der Waals surface area contributed by atoms with Gasteiger partial charge in [-0.2, -0.15) is 17.0 Å². The molecule has 2 saturated heterocycles. The van der Waals surface area contributed by atoms with Crippen LogP contribution in [0.1, 0.15) is 12.0 Å². The van der Waals surface area contributed by atoms with Gasteiger partial charge in [0.1, 0.15) is 0 Å². The maximum Gasteiger partial charge on any atom is 0.282 e. The van der Waals surface area contributed by atoms with Crippen molar-refractivity contribution in [3.05, 3.63) is 29.8 Å². The number of amides is 1. The lowest BCUT2D eigenvalue weighted by molar-refractivity contribution is -0.118. The first-order chi connectivity index (χ1) is 13.6. The van der Waals surface area contributed by atoms with Crippen LogP contribution in [0.2, 0.25) is 0 Å². The molecule has 3 aliphatic rings. The minimum atomic E-state index is -3.40. The molecule has 8 nitrogen and oxygen atoms in total. The van der Waals surface area contributed by atoms with Crippen molar-refractivity contribution in [2.75, 3.05) is 70.5 Å². The number of hydrogen-bond acceptors (Lipinski definition) is 5. The van der Waals surface area contributed by atoms with Gasteiger partial charge >= 0.3 is 0 Å². The summed E-state index contributed by atoms with van der Waals surface area (Å²) in [5.74, 6) is 0.147. The molecule has 0 saturated carbocycles. The lowest BCUT2D eigenvalue weighted by atomic mass is 10.2. The Morgan fingerprint density at radius 3 is 2.36 bits per heavy atom. The number of fused-ring (bicyclic) bond motifs is 1. The molecule has 0 radical (unpaired) electrons. The Kier molecular flexibility index (Phi) is 5.98. The Bertz CT molecular complexity index is 802. The van der Waals surface area contributed by atoms with E-state index in [-0.39, 0.29) is 5.91 Å². The van der Waals surface area contributed by atoms with Crippen LogP contribution in [0.3, 0.4) is 0 Å². The van der Waals surface area contributed by atoms with E-state index in [0.717, 1.165) is 18.7 Å². The number of benzene rings is 1. The second-order valence-corrected chi connectivity index (χ2v) is 9.36. The van der Waals surface area contributed by atoms with Gasteiger partial charge in [0.25, 0.3) is 10.2 Å². The molecule has 1 amide bonds. The number of anilines is 1. The maximum atomic E-state index is 12.7. The van der Waals surface area contributed by atoms with Crippen molar-refractivity contribution >= 4 is 21.8 Å². The van der Waals surface area contributed by atoms with Crippen LogP contribution < -0.4 is 4.90 Å². The molecule has 4 rings (SSSR count). The molecule has 9 heteroatoms. The van der Waals surface area contributed by atoms with Gasteiger partial charge in [0.05, 0.1) is 13.2 Å². The third-order valence-electron chi connectivity index (χ3n) is 5.78. The molecule has 0 atom stereocenters. The van der Waals surface area contributed by atoms with Crippen molar-refractivity contribution in [3.8, 4) is 0 Å². The maximum absolute atomic E-state index is 12.7. The molecule has 0 aromatic heterocycles. The summed E-state index contributed by atoms with van der Waals surface area (Å²) in [4.78, 5) is 16.7. The zero-order valence-corrected chi connectivity index (χ0v) is 16.9. The standard InChI is InChI=1S/C19H28N4O4S/c24-19(23-8-5-17-3-1-2-4-18(17)23)6-7-20-9-11-21(12-10-20)28(25,26)22-13-15-27-16-14-22/h1-4H,5-16H2. The van der Waals surface area contributed by atoms with Crippen LogP contribution in [0.25, 0.3) is 0 Å². The third-order valence-corrected chi connectivity index (χ3v) is 7.82. The van der Waals surface area contributed by atoms with Gasteiger partial charge < -0.3 is 14.5 Å². The summed E-state index contributed by atoms with van der Waals surface area (Å²) >= 11 is 0. The Hall–Kier alpha value is -1.52. The van der Waals surface area contributed by atoms with E-state index in [1.165, 1.54) is 9.87 Å². The lowest BCUT2D eigenvalue weighted by Gasteiger charge is -2.37. The van der Waals surface area contributed by atoms with Gasteiger partial charge in [0.15, 0.2) is 0 Å². The van der Waals surface area contributed by atoms with Gasteiger partial charge in [0.2, 0.25) is 5.91 Å². The van der Waals surface area contributed by atoms with Crippen LogP contribution in [-0.2, 0) is 26.2 Å². The van der Waals surface area contributed by atoms with Crippen molar-refractivity contribution in [1.82, 2.24) is 13.5 Å². The number of hydrogen-bond donors (Lipinski definition) is 0. The Morgan fingerprint density at radius 2 is 1.61 bits per heavy atom. The number of nitrogens with zero attached hydrogens (tertiary/aromatic N) is 4. The first kappa shape index (κ1) is 19.8. The monoisotopic (exact) mass is 408 g/mol. The second kappa shape index (κ2) is 8.46. The predicted octanol–water partition coefficient (Wildman–Crippen LogP) is 0.160. The van der Waals surface area contributed by atoms with E-state index < -0.39 is 10.2 Å². The lowest BCUT2D eigenvalue weighted by Crippen LogP contribution is -2.55. The summed E-state index contributed by atoms with van der Waals surface area (Å²) in [5.41, 5.74) is 2.27. The third kappa shape index (κ3) is 4.08. The highest BCUT2D eigenvalue weighted by atomic mass is 32.2. The average molecular weight is 409 g/mol. The number of rotatable bonds is 5. The molecular formula is C19H28N4O4S. The molecular weight excluding hydrogens is 380 g/mol. The van der Waals surface area contributed by atoms with Crippen molar-refractivity contribution in [2.45, 2.75) is 12.8 Å². The van der Waals surface area contributed by atoms with Crippen molar-refractivity contribution in [2.24, 2.45) is 0 Å². The highest BCUT2D eigenvalue weighted by Gasteiger charge is 2.33. The molecule has 28 heavy (non-hydrogen) atoms. The molecule has 3 aliphatic heterocycles. The molecule has 0 unspecified atom stereocenters. The van der Waals surface area contributed by atoms with Gasteiger partial charge in [-0.05, 0) is 18.1 Å². The summed E-state index contributed by atoms with van der Waals surface area (Å²) in [6.07, 6.45) is 1.38. The van der Waals surface area contributed by atoms with Gasteiger partial charge in [-0.1, -0.05) is 18.2 Å². The highest BCUT2D eigenvalue weighted by Crippen LogP contribution is 2.28. The van der Waals surface area contributed by atoms with Gasteiger partial charge in [0, 0.05) is 64.5 Å². The van der Waals surface area contributed by atoms with Crippen LogP contribution in [0.5, 0.6) is 0 Å². The number of carbonyl (C=O) groups is 1. The molecule has 0 spiro atoms. The van der Waals surface area contributed by atoms with Crippen LogP contribution in [-0.4, -0.2) is 93.4 Å². The average Bonchev–Trinajstić information content (AvgIpc) is 3.17. The fourth-order valence-electron chi connectivity index (χ4n) is 4.11. The minimum Gasteiger partial charge on any atom is -0.379 e. The van der Waals surface area contributed by atoms with Crippen LogP contribution in [0.4, 0.5) is 5.69 Å². The zero-order valence-electron chi connectivity index (χ0n) is 16.1. The molecule has 2 fully saturated rings. The summed E-state index contributed by atoms with van der Waals surface area (Å²) < 4.78 is 33.8. The number of piperazine rings is 1. The summed E-state index contributed by atoms with van der Waals surface area (Å²) in [6, 6.07) is 8.07. The second-order valence-electron chi connectivity index (χ2n) is 7.43. The Balaban J connectivity index is 1.25. The van der Waals surface area contributed by atoms with E-state index in [0.29, 0.717) is 65.4 Å². The van der Waals surface area contributed by atoms with Crippen molar-refractivity contribution in [3.63, 3.8) is 0 Å². The van der Waals surface area contributed by atoms with E-state index in [9.17, 15) is 13.2 Å². The topological polar surface area (TPSA) is 73.4 Å². The number of ether oxygens (including phenoxy) is 1. The zero-order chi connectivity index (χ0) is 19.6. The van der Waals surface area contributed by atoms with Gasteiger partial charge in [-0.3, -0.25) is 4.79 Å². The van der Waals surface area contributed by atoms with E-state index >= 15 is 0 Å². The molecule has 1 aromatic rings. The van der Waals surface area contributed by atoms with E-state index in [4.69, 9.17) is 4.74 Å². The minimum absolute atomic E-state index is 0.147.